The highest BCUT2D eigenvalue weighted by Crippen LogP contribution is 2.28. The van der Waals surface area contributed by atoms with E-state index in [0.717, 1.165) is 21.8 Å². The molecule has 1 atom stereocenters. The largest absolute Gasteiger partial charge is 0.385 e. The molecule has 0 spiro atoms. The Bertz CT molecular complexity index is 1060. The Kier molecular flexibility index (Phi) is 7.69. The van der Waals surface area contributed by atoms with Crippen LogP contribution in [0.25, 0.3) is 10.2 Å². The van der Waals surface area contributed by atoms with Crippen LogP contribution < -0.4 is 10.5 Å². The van der Waals surface area contributed by atoms with Crippen molar-refractivity contribution >= 4 is 44.9 Å². The number of methoxy groups -OCH3 is 1. The SMILES string of the molecule is CCc1cc2c(=O)n(CCCOC)c(SC(C)C(=O)N(C)c3ccccc3)nc2s1. The summed E-state index contributed by atoms with van der Waals surface area (Å²) in [6, 6.07) is 11.5. The van der Waals surface area contributed by atoms with Crippen LogP contribution in [-0.4, -0.2) is 41.5 Å². The molecule has 1 aromatic carbocycles. The van der Waals surface area contributed by atoms with Gasteiger partial charge in [-0.15, -0.1) is 11.3 Å². The zero-order valence-electron chi connectivity index (χ0n) is 17.8. The summed E-state index contributed by atoms with van der Waals surface area (Å²) in [7, 11) is 3.41. The lowest BCUT2D eigenvalue weighted by atomic mass is 10.3. The van der Waals surface area contributed by atoms with Gasteiger partial charge in [0, 0.05) is 37.9 Å². The molecule has 2 aromatic heterocycles. The third-order valence-electron chi connectivity index (χ3n) is 4.85. The van der Waals surface area contributed by atoms with Crippen LogP contribution in [0, 0.1) is 0 Å². The van der Waals surface area contributed by atoms with Gasteiger partial charge in [-0.1, -0.05) is 36.9 Å². The van der Waals surface area contributed by atoms with E-state index in [9.17, 15) is 9.59 Å². The molecule has 160 valence electrons. The maximum Gasteiger partial charge on any atom is 0.262 e. The molecule has 1 unspecified atom stereocenters. The van der Waals surface area contributed by atoms with Gasteiger partial charge in [-0.25, -0.2) is 4.98 Å². The van der Waals surface area contributed by atoms with Crippen molar-refractivity contribution in [2.45, 2.75) is 43.6 Å². The Hall–Kier alpha value is -2.16. The topological polar surface area (TPSA) is 64.4 Å². The summed E-state index contributed by atoms with van der Waals surface area (Å²) in [4.78, 5) is 34.4. The van der Waals surface area contributed by atoms with Crippen molar-refractivity contribution in [3.05, 3.63) is 51.6 Å². The van der Waals surface area contributed by atoms with Gasteiger partial charge in [-0.2, -0.15) is 0 Å². The molecule has 0 aliphatic heterocycles. The number of carbonyl (C=O) groups is 1. The summed E-state index contributed by atoms with van der Waals surface area (Å²) in [6.07, 6.45) is 1.57. The Labute approximate surface area is 184 Å². The maximum absolute atomic E-state index is 13.2. The number of hydrogen-bond acceptors (Lipinski definition) is 6. The molecule has 0 aliphatic carbocycles. The van der Waals surface area contributed by atoms with Gasteiger partial charge in [-0.05, 0) is 38.0 Å². The van der Waals surface area contributed by atoms with Gasteiger partial charge >= 0.3 is 0 Å². The van der Waals surface area contributed by atoms with Crippen LogP contribution in [0.1, 0.15) is 25.1 Å². The monoisotopic (exact) mass is 445 g/mol. The zero-order valence-corrected chi connectivity index (χ0v) is 19.4. The first kappa shape index (κ1) is 22.5. The van der Waals surface area contributed by atoms with E-state index < -0.39 is 0 Å². The number of thiophene rings is 1. The molecule has 0 radical (unpaired) electrons. The highest BCUT2D eigenvalue weighted by Gasteiger charge is 2.23. The standard InChI is InChI=1S/C22H27N3O3S2/c1-5-17-14-18-19(30-17)23-22(25(21(18)27)12-9-13-28-4)29-15(2)20(26)24(3)16-10-7-6-8-11-16/h6-8,10-11,14-15H,5,9,12-13H2,1-4H3. The summed E-state index contributed by atoms with van der Waals surface area (Å²) in [5, 5.41) is 0.841. The number of amides is 1. The number of fused-ring (bicyclic) bond motifs is 1. The van der Waals surface area contributed by atoms with Crippen molar-refractivity contribution in [3.63, 3.8) is 0 Å². The van der Waals surface area contributed by atoms with Crippen LogP contribution >= 0.6 is 23.1 Å². The summed E-state index contributed by atoms with van der Waals surface area (Å²) in [6.45, 7) is 4.99. The van der Waals surface area contributed by atoms with Crippen LogP contribution in [0.2, 0.25) is 0 Å². The van der Waals surface area contributed by atoms with E-state index in [2.05, 4.69) is 6.92 Å². The summed E-state index contributed by atoms with van der Waals surface area (Å²) >= 11 is 2.88. The average Bonchev–Trinajstić information content (AvgIpc) is 3.19. The number of hydrogen-bond donors (Lipinski definition) is 0. The second-order valence-electron chi connectivity index (χ2n) is 6.98. The molecule has 0 saturated carbocycles. The molecule has 0 saturated heterocycles. The molecule has 2 heterocycles. The molecule has 8 heteroatoms. The minimum atomic E-state index is -0.390. The Morgan fingerprint density at radius 3 is 2.73 bits per heavy atom. The molecule has 6 nitrogen and oxygen atoms in total. The minimum Gasteiger partial charge on any atom is -0.385 e. The number of benzene rings is 1. The van der Waals surface area contributed by atoms with Gasteiger partial charge in [0.05, 0.1) is 10.6 Å². The maximum atomic E-state index is 13.2. The number of anilines is 1. The fraction of sp³-hybridized carbons (Fsp3) is 0.409. The Morgan fingerprint density at radius 1 is 1.33 bits per heavy atom. The molecule has 0 aliphatic rings. The first-order chi connectivity index (χ1) is 14.5. The number of para-hydroxylation sites is 1. The van der Waals surface area contributed by atoms with Crippen molar-refractivity contribution in [2.24, 2.45) is 0 Å². The Morgan fingerprint density at radius 2 is 2.07 bits per heavy atom. The first-order valence-electron chi connectivity index (χ1n) is 9.97. The predicted molar refractivity (Wildman–Crippen MR) is 125 cm³/mol. The lowest BCUT2D eigenvalue weighted by Crippen LogP contribution is -2.34. The Balaban J connectivity index is 1.91. The van der Waals surface area contributed by atoms with E-state index >= 15 is 0 Å². The van der Waals surface area contributed by atoms with E-state index in [-0.39, 0.29) is 16.7 Å². The molecule has 0 N–H and O–H groups in total. The smallest absolute Gasteiger partial charge is 0.262 e. The number of thioether (sulfide) groups is 1. The molecule has 1 amide bonds. The lowest BCUT2D eigenvalue weighted by Gasteiger charge is -2.22. The molecule has 0 bridgehead atoms. The molecule has 3 aromatic rings. The van der Waals surface area contributed by atoms with Crippen LogP contribution in [0.15, 0.2) is 46.3 Å². The highest BCUT2D eigenvalue weighted by atomic mass is 32.2. The fourth-order valence-corrected chi connectivity index (χ4v) is 5.17. The van der Waals surface area contributed by atoms with Gasteiger partial charge in [0.2, 0.25) is 5.91 Å². The van der Waals surface area contributed by atoms with Crippen molar-refractivity contribution in [3.8, 4) is 0 Å². The predicted octanol–water partition coefficient (Wildman–Crippen LogP) is 4.20. The van der Waals surface area contributed by atoms with Crippen LogP contribution in [0.4, 0.5) is 5.69 Å². The van der Waals surface area contributed by atoms with Crippen LogP contribution in [-0.2, 0) is 22.5 Å². The fourth-order valence-electron chi connectivity index (χ4n) is 3.14. The average molecular weight is 446 g/mol. The third kappa shape index (κ3) is 4.94. The van der Waals surface area contributed by atoms with Crippen molar-refractivity contribution in [1.29, 1.82) is 0 Å². The third-order valence-corrected chi connectivity index (χ3v) is 7.10. The second kappa shape index (κ2) is 10.2. The second-order valence-corrected chi connectivity index (χ2v) is 9.40. The van der Waals surface area contributed by atoms with E-state index in [1.54, 1.807) is 35.0 Å². The van der Waals surface area contributed by atoms with Gasteiger partial charge in [0.1, 0.15) is 4.83 Å². The zero-order chi connectivity index (χ0) is 21.7. The van der Waals surface area contributed by atoms with Gasteiger partial charge < -0.3 is 9.64 Å². The summed E-state index contributed by atoms with van der Waals surface area (Å²) in [5.41, 5.74) is 0.785. The number of rotatable bonds is 9. The van der Waals surface area contributed by atoms with Gasteiger partial charge in [0.25, 0.3) is 5.56 Å². The molecule has 30 heavy (non-hydrogen) atoms. The van der Waals surface area contributed by atoms with Crippen LogP contribution in [0.3, 0.4) is 0 Å². The van der Waals surface area contributed by atoms with Gasteiger partial charge in [-0.3, -0.25) is 14.2 Å². The van der Waals surface area contributed by atoms with E-state index in [4.69, 9.17) is 9.72 Å². The van der Waals surface area contributed by atoms with E-state index in [0.29, 0.717) is 30.1 Å². The number of carbonyl (C=O) groups excluding carboxylic acids is 1. The van der Waals surface area contributed by atoms with Crippen molar-refractivity contribution in [2.75, 3.05) is 25.7 Å². The first-order valence-corrected chi connectivity index (χ1v) is 11.7. The minimum absolute atomic E-state index is 0.0376. The molecule has 0 fully saturated rings. The van der Waals surface area contributed by atoms with Crippen LogP contribution in [0.5, 0.6) is 0 Å². The van der Waals surface area contributed by atoms with E-state index in [1.165, 1.54) is 11.8 Å². The number of aryl methyl sites for hydroxylation is 1. The number of aromatic nitrogens is 2. The van der Waals surface area contributed by atoms with Gasteiger partial charge in [0.15, 0.2) is 5.16 Å². The van der Waals surface area contributed by atoms with Crippen molar-refractivity contribution < 1.29 is 9.53 Å². The number of ether oxygens (including phenoxy) is 1. The quantitative estimate of drug-likeness (QED) is 0.281. The molecule has 3 rings (SSSR count). The molecular weight excluding hydrogens is 418 g/mol. The lowest BCUT2D eigenvalue weighted by molar-refractivity contribution is -0.117. The van der Waals surface area contributed by atoms with E-state index in [1.807, 2.05) is 43.3 Å². The highest BCUT2D eigenvalue weighted by molar-refractivity contribution is 8.00. The summed E-state index contributed by atoms with van der Waals surface area (Å²) in [5.74, 6) is -0.0376. The number of nitrogens with zero attached hydrogens (tertiary/aromatic N) is 3. The normalized spacial score (nSPS) is 12.3. The van der Waals surface area contributed by atoms with Crippen molar-refractivity contribution in [1.82, 2.24) is 9.55 Å². The molecular formula is C22H27N3O3S2. The summed E-state index contributed by atoms with van der Waals surface area (Å²) < 4.78 is 6.84.